The number of hydrogen-bond donors (Lipinski definition) is 0. The van der Waals surface area contributed by atoms with Crippen LogP contribution in [-0.2, 0) is 18.8 Å². The standard InChI is InChI=1S/C21H32BNO5/c1-19(2,3)26-18(24)23-12-13-25-14-17(23)15-8-10-16(11-9-15)22-27-20(4,5)21(6,7)28-22/h8-11,17H,12-14H2,1-7H3. The van der Waals surface area contributed by atoms with Gasteiger partial charge in [0.15, 0.2) is 0 Å². The second-order valence-corrected chi connectivity index (χ2v) is 9.52. The molecule has 2 saturated heterocycles. The first-order chi connectivity index (χ1) is 12.9. The molecule has 2 aliphatic rings. The summed E-state index contributed by atoms with van der Waals surface area (Å²) in [6.45, 7) is 15.3. The van der Waals surface area contributed by atoms with E-state index in [1.165, 1.54) is 0 Å². The minimum Gasteiger partial charge on any atom is -0.444 e. The van der Waals surface area contributed by atoms with Gasteiger partial charge in [-0.15, -0.1) is 0 Å². The summed E-state index contributed by atoms with van der Waals surface area (Å²) in [6.07, 6.45) is -0.309. The fraction of sp³-hybridized carbons (Fsp3) is 0.667. The average Bonchev–Trinajstić information content (AvgIpc) is 2.81. The summed E-state index contributed by atoms with van der Waals surface area (Å²) in [5, 5.41) is 0. The van der Waals surface area contributed by atoms with Crippen molar-refractivity contribution in [1.82, 2.24) is 4.90 Å². The van der Waals surface area contributed by atoms with E-state index >= 15 is 0 Å². The third kappa shape index (κ3) is 4.37. The van der Waals surface area contributed by atoms with E-state index in [1.807, 2.05) is 72.7 Å². The van der Waals surface area contributed by atoms with E-state index in [2.05, 4.69) is 0 Å². The molecule has 0 bridgehead atoms. The molecule has 1 aromatic carbocycles. The first-order valence-corrected chi connectivity index (χ1v) is 9.92. The maximum Gasteiger partial charge on any atom is 0.494 e. The summed E-state index contributed by atoms with van der Waals surface area (Å²) in [5.74, 6) is 0. The zero-order valence-electron chi connectivity index (χ0n) is 18.1. The predicted molar refractivity (Wildman–Crippen MR) is 109 cm³/mol. The van der Waals surface area contributed by atoms with Crippen LogP contribution in [0.2, 0.25) is 0 Å². The first kappa shape index (κ1) is 21.2. The molecule has 7 heteroatoms. The Morgan fingerprint density at radius 2 is 1.68 bits per heavy atom. The van der Waals surface area contributed by atoms with E-state index in [-0.39, 0.29) is 23.3 Å². The highest BCUT2D eigenvalue weighted by molar-refractivity contribution is 6.62. The van der Waals surface area contributed by atoms with Crippen LogP contribution >= 0.6 is 0 Å². The molecular weight excluding hydrogens is 357 g/mol. The highest BCUT2D eigenvalue weighted by Gasteiger charge is 2.51. The summed E-state index contributed by atoms with van der Waals surface area (Å²) >= 11 is 0. The zero-order chi connectivity index (χ0) is 20.7. The van der Waals surface area contributed by atoms with Crippen LogP contribution in [0.4, 0.5) is 4.79 Å². The molecule has 0 saturated carbocycles. The van der Waals surface area contributed by atoms with Gasteiger partial charge in [-0.1, -0.05) is 24.3 Å². The zero-order valence-corrected chi connectivity index (χ0v) is 18.1. The molecular formula is C21H32BNO5. The second-order valence-electron chi connectivity index (χ2n) is 9.52. The van der Waals surface area contributed by atoms with Gasteiger partial charge in [-0.2, -0.15) is 0 Å². The third-order valence-corrected chi connectivity index (χ3v) is 5.60. The van der Waals surface area contributed by atoms with Crippen LogP contribution in [0.5, 0.6) is 0 Å². The maximum absolute atomic E-state index is 12.6. The van der Waals surface area contributed by atoms with Gasteiger partial charge in [0.05, 0.1) is 30.5 Å². The van der Waals surface area contributed by atoms with Gasteiger partial charge in [-0.25, -0.2) is 4.79 Å². The van der Waals surface area contributed by atoms with Crippen LogP contribution in [0.3, 0.4) is 0 Å². The van der Waals surface area contributed by atoms with Crippen LogP contribution in [0.1, 0.15) is 60.1 Å². The molecule has 2 aliphatic heterocycles. The number of nitrogens with zero attached hydrogens (tertiary/aromatic N) is 1. The minimum atomic E-state index is -0.527. The fourth-order valence-electron chi connectivity index (χ4n) is 3.27. The molecule has 0 N–H and O–H groups in total. The molecule has 6 nitrogen and oxygen atoms in total. The van der Waals surface area contributed by atoms with E-state index in [4.69, 9.17) is 18.8 Å². The van der Waals surface area contributed by atoms with Crippen molar-refractivity contribution in [2.45, 2.75) is 71.3 Å². The largest absolute Gasteiger partial charge is 0.494 e. The SMILES string of the molecule is CC(C)(C)OC(=O)N1CCOCC1c1ccc(B2OC(C)(C)C(C)(C)O2)cc1. The molecule has 0 radical (unpaired) electrons. The number of morpholine rings is 1. The number of hydrogen-bond acceptors (Lipinski definition) is 5. The number of benzene rings is 1. The number of carbonyl (C=O) groups is 1. The van der Waals surface area contributed by atoms with Crippen molar-refractivity contribution >= 4 is 18.7 Å². The summed E-state index contributed by atoms with van der Waals surface area (Å²) in [6, 6.07) is 7.85. The Morgan fingerprint density at radius 1 is 1.11 bits per heavy atom. The van der Waals surface area contributed by atoms with Crippen LogP contribution in [0, 0.1) is 0 Å². The van der Waals surface area contributed by atoms with Crippen LogP contribution in [0.25, 0.3) is 0 Å². The lowest BCUT2D eigenvalue weighted by Crippen LogP contribution is -2.45. The minimum absolute atomic E-state index is 0.170. The maximum atomic E-state index is 12.6. The molecule has 1 amide bonds. The van der Waals surface area contributed by atoms with Gasteiger partial charge >= 0.3 is 13.2 Å². The number of ether oxygens (including phenoxy) is 2. The third-order valence-electron chi connectivity index (χ3n) is 5.60. The fourth-order valence-corrected chi connectivity index (χ4v) is 3.27. The number of carbonyl (C=O) groups excluding carboxylic acids is 1. The lowest BCUT2D eigenvalue weighted by atomic mass is 9.78. The lowest BCUT2D eigenvalue weighted by molar-refractivity contribution is -0.0331. The van der Waals surface area contributed by atoms with Crippen molar-refractivity contribution in [3.8, 4) is 0 Å². The Hall–Kier alpha value is -1.57. The Bertz CT molecular complexity index is 695. The van der Waals surface area contributed by atoms with E-state index in [0.717, 1.165) is 11.0 Å². The lowest BCUT2D eigenvalue weighted by Gasteiger charge is -2.36. The molecule has 1 aromatic rings. The van der Waals surface area contributed by atoms with Gasteiger partial charge in [0.25, 0.3) is 0 Å². The van der Waals surface area contributed by atoms with Gasteiger partial charge in [0, 0.05) is 6.54 Å². The molecule has 154 valence electrons. The van der Waals surface area contributed by atoms with Gasteiger partial charge in [-0.05, 0) is 59.5 Å². The Balaban J connectivity index is 1.75. The smallest absolute Gasteiger partial charge is 0.444 e. The van der Waals surface area contributed by atoms with Crippen molar-refractivity contribution < 1.29 is 23.6 Å². The van der Waals surface area contributed by atoms with Gasteiger partial charge in [-0.3, -0.25) is 4.90 Å². The van der Waals surface area contributed by atoms with Crippen molar-refractivity contribution in [3.05, 3.63) is 29.8 Å². The Kier molecular flexibility index (Phi) is 5.56. The van der Waals surface area contributed by atoms with Crippen molar-refractivity contribution in [1.29, 1.82) is 0 Å². The Morgan fingerprint density at radius 3 is 2.21 bits per heavy atom. The normalized spacial score (nSPS) is 24.3. The monoisotopic (exact) mass is 389 g/mol. The summed E-state index contributed by atoms with van der Waals surface area (Å²) in [7, 11) is -0.399. The van der Waals surface area contributed by atoms with E-state index in [0.29, 0.717) is 19.8 Å². The molecule has 3 rings (SSSR count). The van der Waals surface area contributed by atoms with Crippen LogP contribution < -0.4 is 5.46 Å². The molecule has 2 fully saturated rings. The summed E-state index contributed by atoms with van der Waals surface area (Å²) < 4.78 is 23.4. The van der Waals surface area contributed by atoms with Crippen molar-refractivity contribution in [3.63, 3.8) is 0 Å². The molecule has 2 heterocycles. The predicted octanol–water partition coefficient (Wildman–Crippen LogP) is 3.29. The second kappa shape index (κ2) is 7.36. The van der Waals surface area contributed by atoms with E-state index in [1.54, 1.807) is 4.90 Å². The molecule has 1 unspecified atom stereocenters. The van der Waals surface area contributed by atoms with Gasteiger partial charge < -0.3 is 18.8 Å². The van der Waals surface area contributed by atoms with Crippen LogP contribution in [-0.4, -0.2) is 54.7 Å². The van der Waals surface area contributed by atoms with Gasteiger partial charge in [0.1, 0.15) is 5.60 Å². The highest BCUT2D eigenvalue weighted by Crippen LogP contribution is 2.36. The van der Waals surface area contributed by atoms with E-state index < -0.39 is 12.7 Å². The van der Waals surface area contributed by atoms with Crippen molar-refractivity contribution in [2.75, 3.05) is 19.8 Å². The summed E-state index contributed by atoms with van der Waals surface area (Å²) in [5.41, 5.74) is 0.691. The average molecular weight is 389 g/mol. The summed E-state index contributed by atoms with van der Waals surface area (Å²) in [4.78, 5) is 14.4. The molecule has 0 aliphatic carbocycles. The Labute approximate surface area is 168 Å². The van der Waals surface area contributed by atoms with Crippen LogP contribution in [0.15, 0.2) is 24.3 Å². The quantitative estimate of drug-likeness (QED) is 0.727. The first-order valence-electron chi connectivity index (χ1n) is 9.92. The molecule has 0 aromatic heterocycles. The topological polar surface area (TPSA) is 57.2 Å². The number of rotatable bonds is 2. The van der Waals surface area contributed by atoms with Gasteiger partial charge in [0.2, 0.25) is 0 Å². The molecule has 0 spiro atoms. The molecule has 1 atom stereocenters. The van der Waals surface area contributed by atoms with Crippen molar-refractivity contribution in [2.24, 2.45) is 0 Å². The highest BCUT2D eigenvalue weighted by atomic mass is 16.7. The van der Waals surface area contributed by atoms with E-state index in [9.17, 15) is 4.79 Å². The number of amides is 1. The molecule has 28 heavy (non-hydrogen) atoms.